The molecule has 0 radical (unpaired) electrons. The van der Waals surface area contributed by atoms with Crippen LogP contribution < -0.4 is 10.9 Å². The Balaban J connectivity index is 1.86. The second-order valence-electron chi connectivity index (χ2n) is 5.98. The van der Waals surface area contributed by atoms with Crippen molar-refractivity contribution in [3.63, 3.8) is 0 Å². The molecule has 1 aliphatic rings. The molecule has 24 heavy (non-hydrogen) atoms. The van der Waals surface area contributed by atoms with Crippen LogP contribution in [0.4, 0.5) is 0 Å². The summed E-state index contributed by atoms with van der Waals surface area (Å²) in [7, 11) is 0. The standard InChI is InChI=1S/C18H16N4OS/c1-11(13-4-2-3-12(7-13)8-19)22-10-21-17-16(18(22)23)14-5-6-20-9-15(14)24-17/h2-4,7,10-11,20H,5-6,9H2,1H3. The van der Waals surface area contributed by atoms with Gasteiger partial charge in [-0.15, -0.1) is 11.3 Å². The van der Waals surface area contributed by atoms with Crippen molar-refractivity contribution in [3.8, 4) is 6.07 Å². The van der Waals surface area contributed by atoms with Crippen LogP contribution >= 0.6 is 11.3 Å². The van der Waals surface area contributed by atoms with Gasteiger partial charge < -0.3 is 5.32 Å². The van der Waals surface area contributed by atoms with Crippen molar-refractivity contribution in [3.05, 3.63) is 62.5 Å². The van der Waals surface area contributed by atoms with Gasteiger partial charge in [-0.2, -0.15) is 5.26 Å². The quantitative estimate of drug-likeness (QED) is 0.781. The molecule has 4 rings (SSSR count). The van der Waals surface area contributed by atoms with E-state index in [2.05, 4.69) is 16.4 Å². The largest absolute Gasteiger partial charge is 0.312 e. The van der Waals surface area contributed by atoms with E-state index in [0.717, 1.165) is 40.9 Å². The molecule has 1 aromatic carbocycles. The molecule has 6 heteroatoms. The third-order valence-corrected chi connectivity index (χ3v) is 5.71. The lowest BCUT2D eigenvalue weighted by molar-refractivity contribution is 0.607. The van der Waals surface area contributed by atoms with Gasteiger partial charge in [0.15, 0.2) is 0 Å². The first-order valence-corrected chi connectivity index (χ1v) is 8.73. The van der Waals surface area contributed by atoms with Crippen LogP contribution in [-0.4, -0.2) is 16.1 Å². The monoisotopic (exact) mass is 336 g/mol. The smallest absolute Gasteiger partial charge is 0.262 e. The van der Waals surface area contributed by atoms with E-state index in [0.29, 0.717) is 5.56 Å². The van der Waals surface area contributed by atoms with Gasteiger partial charge in [-0.05, 0) is 43.1 Å². The van der Waals surface area contributed by atoms with Gasteiger partial charge in [-0.25, -0.2) is 4.98 Å². The Morgan fingerprint density at radius 2 is 2.33 bits per heavy atom. The fraction of sp³-hybridized carbons (Fsp3) is 0.278. The maximum Gasteiger partial charge on any atom is 0.262 e. The molecule has 3 aromatic rings. The van der Waals surface area contributed by atoms with Gasteiger partial charge in [-0.1, -0.05) is 12.1 Å². The summed E-state index contributed by atoms with van der Waals surface area (Å²) in [6, 6.07) is 9.36. The van der Waals surface area contributed by atoms with Crippen LogP contribution in [0, 0.1) is 11.3 Å². The maximum absolute atomic E-state index is 13.1. The first kappa shape index (κ1) is 15.1. The lowest BCUT2D eigenvalue weighted by Gasteiger charge is -2.16. The summed E-state index contributed by atoms with van der Waals surface area (Å²) < 4.78 is 1.67. The SMILES string of the molecule is CC(c1cccc(C#N)c1)n1cnc2sc3c(c2c1=O)CCNC3. The summed E-state index contributed by atoms with van der Waals surface area (Å²) >= 11 is 1.61. The fourth-order valence-electron chi connectivity index (χ4n) is 3.23. The van der Waals surface area contributed by atoms with Crippen molar-refractivity contribution >= 4 is 21.6 Å². The number of nitriles is 1. The summed E-state index contributed by atoms with van der Waals surface area (Å²) in [6.07, 6.45) is 2.50. The summed E-state index contributed by atoms with van der Waals surface area (Å²) in [5.74, 6) is 0. The van der Waals surface area contributed by atoms with Crippen LogP contribution in [0.2, 0.25) is 0 Å². The minimum Gasteiger partial charge on any atom is -0.312 e. The fourth-order valence-corrected chi connectivity index (χ4v) is 4.38. The molecule has 3 heterocycles. The third-order valence-electron chi connectivity index (χ3n) is 4.57. The maximum atomic E-state index is 13.1. The van der Waals surface area contributed by atoms with Gasteiger partial charge in [0, 0.05) is 11.4 Å². The average Bonchev–Trinajstić information content (AvgIpc) is 3.01. The molecule has 5 nitrogen and oxygen atoms in total. The number of hydrogen-bond donors (Lipinski definition) is 1. The Bertz CT molecular complexity index is 1030. The zero-order valence-electron chi connectivity index (χ0n) is 13.2. The molecule has 2 aromatic heterocycles. The second kappa shape index (κ2) is 5.86. The molecule has 0 fully saturated rings. The molecule has 1 unspecified atom stereocenters. The van der Waals surface area contributed by atoms with E-state index in [-0.39, 0.29) is 11.6 Å². The molecule has 1 N–H and O–H groups in total. The highest BCUT2D eigenvalue weighted by molar-refractivity contribution is 7.18. The molecular formula is C18H16N4OS. The molecule has 0 saturated carbocycles. The number of aromatic nitrogens is 2. The topological polar surface area (TPSA) is 70.7 Å². The van der Waals surface area contributed by atoms with Gasteiger partial charge in [0.1, 0.15) is 4.83 Å². The Morgan fingerprint density at radius 3 is 3.17 bits per heavy atom. The molecule has 0 aliphatic carbocycles. The van der Waals surface area contributed by atoms with Crippen molar-refractivity contribution in [1.29, 1.82) is 5.26 Å². The van der Waals surface area contributed by atoms with Crippen molar-refractivity contribution in [1.82, 2.24) is 14.9 Å². The van der Waals surface area contributed by atoms with Crippen molar-refractivity contribution in [2.45, 2.75) is 25.9 Å². The molecule has 0 bridgehead atoms. The number of rotatable bonds is 2. The van der Waals surface area contributed by atoms with Crippen LogP contribution in [0.25, 0.3) is 10.2 Å². The molecule has 0 amide bonds. The van der Waals surface area contributed by atoms with Crippen LogP contribution in [-0.2, 0) is 13.0 Å². The van der Waals surface area contributed by atoms with Crippen molar-refractivity contribution < 1.29 is 0 Å². The molecule has 1 aliphatic heterocycles. The number of fused-ring (bicyclic) bond motifs is 3. The van der Waals surface area contributed by atoms with E-state index in [9.17, 15) is 4.79 Å². The first-order chi connectivity index (χ1) is 11.7. The van der Waals surface area contributed by atoms with Gasteiger partial charge in [0.05, 0.1) is 29.4 Å². The Kier molecular flexibility index (Phi) is 3.68. The highest BCUT2D eigenvalue weighted by Gasteiger charge is 2.21. The average molecular weight is 336 g/mol. The predicted octanol–water partition coefficient (Wildman–Crippen LogP) is 2.58. The highest BCUT2D eigenvalue weighted by Crippen LogP contribution is 2.30. The van der Waals surface area contributed by atoms with E-state index in [1.54, 1.807) is 28.3 Å². The summed E-state index contributed by atoms with van der Waals surface area (Å²) in [4.78, 5) is 19.6. The molecule has 1 atom stereocenters. The Morgan fingerprint density at radius 1 is 1.46 bits per heavy atom. The second-order valence-corrected chi connectivity index (χ2v) is 7.06. The van der Waals surface area contributed by atoms with Gasteiger partial charge >= 0.3 is 0 Å². The van der Waals surface area contributed by atoms with Gasteiger partial charge in [0.25, 0.3) is 5.56 Å². The van der Waals surface area contributed by atoms with Crippen LogP contribution in [0.5, 0.6) is 0 Å². The zero-order chi connectivity index (χ0) is 16.7. The van der Waals surface area contributed by atoms with Crippen LogP contribution in [0.15, 0.2) is 35.4 Å². The van der Waals surface area contributed by atoms with E-state index < -0.39 is 0 Å². The third kappa shape index (κ3) is 2.33. The van der Waals surface area contributed by atoms with E-state index in [1.165, 1.54) is 4.88 Å². The normalized spacial score (nSPS) is 15.0. The van der Waals surface area contributed by atoms with E-state index in [1.807, 2.05) is 25.1 Å². The predicted molar refractivity (Wildman–Crippen MR) is 94.3 cm³/mol. The Labute approximate surface area is 143 Å². The van der Waals surface area contributed by atoms with Gasteiger partial charge in [-0.3, -0.25) is 9.36 Å². The highest BCUT2D eigenvalue weighted by atomic mass is 32.1. The number of nitrogens with one attached hydrogen (secondary N) is 1. The summed E-state index contributed by atoms with van der Waals surface area (Å²) in [5.41, 5.74) is 2.69. The molecule has 0 spiro atoms. The van der Waals surface area contributed by atoms with Crippen molar-refractivity contribution in [2.24, 2.45) is 0 Å². The Hall–Kier alpha value is -2.49. The van der Waals surface area contributed by atoms with E-state index >= 15 is 0 Å². The number of thiophene rings is 1. The zero-order valence-corrected chi connectivity index (χ0v) is 14.1. The van der Waals surface area contributed by atoms with E-state index in [4.69, 9.17) is 5.26 Å². The number of benzene rings is 1. The molecule has 0 saturated heterocycles. The lowest BCUT2D eigenvalue weighted by atomic mass is 10.0. The molecular weight excluding hydrogens is 320 g/mol. The number of hydrogen-bond acceptors (Lipinski definition) is 5. The lowest BCUT2D eigenvalue weighted by Crippen LogP contribution is -2.26. The summed E-state index contributed by atoms with van der Waals surface area (Å²) in [6.45, 7) is 3.67. The van der Waals surface area contributed by atoms with Crippen molar-refractivity contribution in [2.75, 3.05) is 6.54 Å². The minimum absolute atomic E-state index is 0.00857. The summed E-state index contributed by atoms with van der Waals surface area (Å²) in [5, 5.41) is 13.2. The first-order valence-electron chi connectivity index (χ1n) is 7.91. The minimum atomic E-state index is -0.167. The number of nitrogens with zero attached hydrogens (tertiary/aromatic N) is 3. The van der Waals surface area contributed by atoms with Gasteiger partial charge in [0.2, 0.25) is 0 Å². The molecule has 120 valence electrons. The van der Waals surface area contributed by atoms with Crippen LogP contribution in [0.1, 0.15) is 34.5 Å². The van der Waals surface area contributed by atoms with Crippen LogP contribution in [0.3, 0.4) is 0 Å².